The Balaban J connectivity index is 0.00000162. The smallest absolute Gasteiger partial charge is 0.256 e. The Kier molecular flexibility index (Phi) is 6.21. The van der Waals surface area contributed by atoms with Gasteiger partial charge in [-0.1, -0.05) is 23.2 Å². The summed E-state index contributed by atoms with van der Waals surface area (Å²) in [6.07, 6.45) is 2.09. The summed E-state index contributed by atoms with van der Waals surface area (Å²) in [6.45, 7) is 1.62. The molecule has 2 rings (SSSR count). The lowest BCUT2D eigenvalue weighted by molar-refractivity contribution is 0.0738. The molecule has 0 spiro atoms. The maximum Gasteiger partial charge on any atom is 0.256 e. The van der Waals surface area contributed by atoms with E-state index < -0.39 is 0 Å². The van der Waals surface area contributed by atoms with Gasteiger partial charge in [-0.25, -0.2) is 0 Å². The highest BCUT2D eigenvalue weighted by Crippen LogP contribution is 2.33. The van der Waals surface area contributed by atoms with Crippen LogP contribution in [0.4, 0.5) is 0 Å². The third kappa shape index (κ3) is 3.31. The van der Waals surface area contributed by atoms with E-state index in [9.17, 15) is 4.79 Å². The lowest BCUT2D eigenvalue weighted by Crippen LogP contribution is -2.40. The fraction of sp³-hybridized carbons (Fsp3) is 0.545. The summed E-state index contributed by atoms with van der Waals surface area (Å²) in [6, 6.07) is 1.92. The number of likely N-dealkylation sites (tertiary alicyclic amines) is 1. The molecule has 1 atom stereocenters. The maximum atomic E-state index is 12.3. The quantitative estimate of drug-likeness (QED) is 0.923. The first-order valence-corrected chi connectivity index (χ1v) is 7.11. The molecule has 0 saturated carbocycles. The second-order valence-corrected chi connectivity index (χ2v) is 6.38. The Bertz CT molecular complexity index is 424. The number of hydrogen-bond donors (Lipinski definition) is 1. The van der Waals surface area contributed by atoms with Crippen LogP contribution in [0.1, 0.15) is 23.2 Å². The van der Waals surface area contributed by atoms with E-state index in [1.807, 2.05) is 11.9 Å². The molecule has 7 heteroatoms. The molecule has 1 aliphatic heterocycles. The molecule has 18 heavy (non-hydrogen) atoms. The van der Waals surface area contributed by atoms with Crippen molar-refractivity contribution in [2.24, 2.45) is 0 Å². The number of nitrogens with one attached hydrogen (secondary N) is 1. The third-order valence-electron chi connectivity index (χ3n) is 2.96. The third-order valence-corrected chi connectivity index (χ3v) is 4.45. The second-order valence-electron chi connectivity index (χ2n) is 4.09. The molecule has 1 unspecified atom stereocenters. The molecule has 1 N–H and O–H groups in total. The highest BCUT2D eigenvalue weighted by atomic mass is 35.5. The summed E-state index contributed by atoms with van der Waals surface area (Å²) < 4.78 is 1.04. The van der Waals surface area contributed by atoms with E-state index >= 15 is 0 Å². The van der Waals surface area contributed by atoms with Crippen molar-refractivity contribution in [3.8, 4) is 0 Å². The fourth-order valence-electron chi connectivity index (χ4n) is 2.19. The van der Waals surface area contributed by atoms with Crippen LogP contribution in [0.2, 0.25) is 8.67 Å². The van der Waals surface area contributed by atoms with Crippen LogP contribution in [0.3, 0.4) is 0 Å². The number of halogens is 3. The number of thiophene rings is 1. The average molecular weight is 330 g/mol. The zero-order valence-electron chi connectivity index (χ0n) is 9.91. The minimum absolute atomic E-state index is 0. The molecule has 3 nitrogen and oxygen atoms in total. The van der Waals surface area contributed by atoms with Gasteiger partial charge >= 0.3 is 0 Å². The monoisotopic (exact) mass is 328 g/mol. The van der Waals surface area contributed by atoms with Gasteiger partial charge < -0.3 is 10.2 Å². The Morgan fingerprint density at radius 3 is 2.89 bits per heavy atom. The van der Waals surface area contributed by atoms with E-state index in [1.165, 1.54) is 11.3 Å². The highest BCUT2D eigenvalue weighted by Gasteiger charge is 2.30. The van der Waals surface area contributed by atoms with Gasteiger partial charge in [0, 0.05) is 19.1 Å². The maximum absolute atomic E-state index is 12.3. The molecule has 0 radical (unpaired) electrons. The average Bonchev–Trinajstić information content (AvgIpc) is 2.85. The van der Waals surface area contributed by atoms with Crippen LogP contribution in [0.25, 0.3) is 0 Å². The van der Waals surface area contributed by atoms with Crippen LogP contribution in [0.5, 0.6) is 0 Å². The summed E-state index contributed by atoms with van der Waals surface area (Å²) in [5, 5.41) is 3.12. The lowest BCUT2D eigenvalue weighted by Gasteiger charge is -2.24. The van der Waals surface area contributed by atoms with E-state index in [4.69, 9.17) is 23.2 Å². The summed E-state index contributed by atoms with van der Waals surface area (Å²) >= 11 is 13.1. The number of likely N-dealkylation sites (N-methyl/N-ethyl adjacent to an activating group) is 1. The van der Waals surface area contributed by atoms with Gasteiger partial charge in [-0.2, -0.15) is 0 Å². The predicted octanol–water partition coefficient (Wildman–Crippen LogP) is 3.30. The Hall–Kier alpha value is -0.000000000000000222. The lowest BCUT2D eigenvalue weighted by atomic mass is 10.2. The van der Waals surface area contributed by atoms with E-state index in [0.717, 1.165) is 25.9 Å². The molecule has 1 fully saturated rings. The molecule has 1 aromatic heterocycles. The molecular weight excluding hydrogens is 315 g/mol. The molecule has 1 aromatic rings. The molecular formula is C11H15Cl3N2OS. The standard InChI is InChI=1S/C11H14Cl2N2OS.ClH/c1-14-6-7-3-2-4-15(7)11(16)8-5-9(12)17-10(8)13;/h5,7,14H,2-4,6H2,1H3;1H. The number of rotatable bonds is 3. The first-order chi connectivity index (χ1) is 8.13. The minimum atomic E-state index is -0.00380. The van der Waals surface area contributed by atoms with Crippen molar-refractivity contribution in [1.82, 2.24) is 10.2 Å². The SMILES string of the molecule is CNCC1CCCN1C(=O)c1cc(Cl)sc1Cl.Cl. The number of carbonyl (C=O) groups is 1. The van der Waals surface area contributed by atoms with Gasteiger partial charge in [0.25, 0.3) is 5.91 Å². The van der Waals surface area contributed by atoms with Gasteiger partial charge in [0.05, 0.1) is 9.90 Å². The van der Waals surface area contributed by atoms with Gasteiger partial charge in [-0.15, -0.1) is 23.7 Å². The zero-order valence-corrected chi connectivity index (χ0v) is 13.1. The number of nitrogens with zero attached hydrogens (tertiary/aromatic N) is 1. The first kappa shape index (κ1) is 16.1. The highest BCUT2D eigenvalue weighted by molar-refractivity contribution is 7.20. The molecule has 2 heterocycles. The van der Waals surface area contributed by atoms with Crippen molar-refractivity contribution in [3.63, 3.8) is 0 Å². The van der Waals surface area contributed by atoms with Gasteiger partial charge in [-0.05, 0) is 26.0 Å². The predicted molar refractivity (Wildman–Crippen MR) is 79.6 cm³/mol. The van der Waals surface area contributed by atoms with Crippen molar-refractivity contribution < 1.29 is 4.79 Å². The first-order valence-electron chi connectivity index (χ1n) is 5.54. The van der Waals surface area contributed by atoms with E-state index in [1.54, 1.807) is 6.07 Å². The van der Waals surface area contributed by atoms with Crippen molar-refractivity contribution in [1.29, 1.82) is 0 Å². The Morgan fingerprint density at radius 1 is 1.61 bits per heavy atom. The fourth-order valence-corrected chi connectivity index (χ4v) is 3.64. The Morgan fingerprint density at radius 2 is 2.33 bits per heavy atom. The van der Waals surface area contributed by atoms with E-state index in [2.05, 4.69) is 5.32 Å². The summed E-state index contributed by atoms with van der Waals surface area (Å²) in [5.74, 6) is -0.00380. The second kappa shape index (κ2) is 6.96. The molecule has 1 amide bonds. The zero-order chi connectivity index (χ0) is 12.4. The van der Waals surface area contributed by atoms with Crippen molar-refractivity contribution in [3.05, 3.63) is 20.3 Å². The number of carbonyl (C=O) groups excluding carboxylic acids is 1. The molecule has 0 aliphatic carbocycles. The molecule has 1 aliphatic rings. The van der Waals surface area contributed by atoms with Crippen LogP contribution in [0, 0.1) is 0 Å². The summed E-state index contributed by atoms with van der Waals surface area (Å²) in [5.41, 5.74) is 0.532. The van der Waals surface area contributed by atoms with Crippen LogP contribution in [-0.4, -0.2) is 37.0 Å². The summed E-state index contributed by atoms with van der Waals surface area (Å²) in [7, 11) is 1.90. The van der Waals surface area contributed by atoms with Crippen LogP contribution in [-0.2, 0) is 0 Å². The van der Waals surface area contributed by atoms with Crippen molar-refractivity contribution in [2.75, 3.05) is 20.1 Å². The number of hydrogen-bond acceptors (Lipinski definition) is 3. The largest absolute Gasteiger partial charge is 0.334 e. The van der Waals surface area contributed by atoms with E-state index in [0.29, 0.717) is 14.2 Å². The molecule has 0 bridgehead atoms. The molecule has 1 saturated heterocycles. The van der Waals surface area contributed by atoms with E-state index in [-0.39, 0.29) is 24.4 Å². The van der Waals surface area contributed by atoms with Gasteiger partial charge in [0.1, 0.15) is 4.34 Å². The van der Waals surface area contributed by atoms with Crippen LogP contribution < -0.4 is 5.32 Å². The summed E-state index contributed by atoms with van der Waals surface area (Å²) in [4.78, 5) is 14.2. The van der Waals surface area contributed by atoms with Crippen molar-refractivity contribution >= 4 is 52.9 Å². The van der Waals surface area contributed by atoms with Crippen LogP contribution >= 0.6 is 46.9 Å². The minimum Gasteiger partial charge on any atom is -0.334 e. The number of amides is 1. The molecule has 0 aromatic carbocycles. The normalized spacial score (nSPS) is 18.8. The van der Waals surface area contributed by atoms with Crippen LogP contribution in [0.15, 0.2) is 6.07 Å². The Labute approximate surface area is 127 Å². The topological polar surface area (TPSA) is 32.3 Å². The molecule has 102 valence electrons. The van der Waals surface area contributed by atoms with Gasteiger partial charge in [0.15, 0.2) is 0 Å². The van der Waals surface area contributed by atoms with Gasteiger partial charge in [0.2, 0.25) is 0 Å². The van der Waals surface area contributed by atoms with Crippen molar-refractivity contribution in [2.45, 2.75) is 18.9 Å². The van der Waals surface area contributed by atoms with Gasteiger partial charge in [-0.3, -0.25) is 4.79 Å².